The number of imidazole rings is 1. The molecule has 0 aliphatic rings. The van der Waals surface area contributed by atoms with Crippen LogP contribution in [-0.2, 0) is 13.0 Å². The molecule has 1 rings (SSSR count). The average Bonchev–Trinajstić information content (AvgIpc) is 2.50. The Morgan fingerprint density at radius 3 is 2.73 bits per heavy atom. The minimum Gasteiger partial charge on any atom is -0.318 e. The monoisotopic (exact) mass is 266 g/mol. The summed E-state index contributed by atoms with van der Waals surface area (Å²) in [6.07, 6.45) is 5.27. The average molecular weight is 267 g/mol. The molecular formula is C10H16Cl2N2S. The van der Waals surface area contributed by atoms with Crippen LogP contribution < -0.4 is 0 Å². The summed E-state index contributed by atoms with van der Waals surface area (Å²) in [5, 5.41) is 1.02. The summed E-state index contributed by atoms with van der Waals surface area (Å²) in [6.45, 7) is 3.08. The zero-order chi connectivity index (χ0) is 11.3. The Morgan fingerprint density at radius 1 is 1.40 bits per heavy atom. The summed E-state index contributed by atoms with van der Waals surface area (Å²) >= 11 is 13.8. The Hall–Kier alpha value is 0.140. The SMILES string of the molecule is CCCCn1c(CCSC)nc(Cl)c1Cl. The first-order valence-electron chi connectivity index (χ1n) is 5.10. The molecule has 0 aliphatic carbocycles. The van der Waals surface area contributed by atoms with E-state index in [4.69, 9.17) is 23.2 Å². The fraction of sp³-hybridized carbons (Fsp3) is 0.700. The maximum absolute atomic E-state index is 6.09. The summed E-state index contributed by atoms with van der Waals surface area (Å²) in [7, 11) is 0. The molecule has 0 bridgehead atoms. The lowest BCUT2D eigenvalue weighted by Crippen LogP contribution is -2.05. The van der Waals surface area contributed by atoms with Crippen molar-refractivity contribution in [2.45, 2.75) is 32.7 Å². The Labute approximate surface area is 105 Å². The molecule has 5 heteroatoms. The minimum absolute atomic E-state index is 0.434. The van der Waals surface area contributed by atoms with E-state index in [2.05, 4.69) is 18.2 Å². The van der Waals surface area contributed by atoms with E-state index in [1.54, 1.807) is 11.8 Å². The van der Waals surface area contributed by atoms with E-state index >= 15 is 0 Å². The van der Waals surface area contributed by atoms with E-state index in [0.717, 1.165) is 37.4 Å². The molecule has 0 spiro atoms. The molecule has 0 amide bonds. The minimum atomic E-state index is 0.434. The number of halogens is 2. The van der Waals surface area contributed by atoms with Gasteiger partial charge in [0, 0.05) is 18.7 Å². The predicted octanol–water partition coefficient (Wildman–Crippen LogP) is 3.90. The van der Waals surface area contributed by atoms with Crippen LogP contribution in [0.1, 0.15) is 25.6 Å². The Balaban J connectivity index is 2.78. The summed E-state index contributed by atoms with van der Waals surface area (Å²) in [5.74, 6) is 2.06. The lowest BCUT2D eigenvalue weighted by molar-refractivity contribution is 0.607. The molecular weight excluding hydrogens is 251 g/mol. The zero-order valence-electron chi connectivity index (χ0n) is 9.09. The van der Waals surface area contributed by atoms with Gasteiger partial charge in [0.1, 0.15) is 11.0 Å². The third kappa shape index (κ3) is 3.58. The molecule has 86 valence electrons. The van der Waals surface area contributed by atoms with Crippen molar-refractivity contribution >= 4 is 35.0 Å². The fourth-order valence-corrected chi connectivity index (χ4v) is 2.18. The normalized spacial score (nSPS) is 10.9. The van der Waals surface area contributed by atoms with Crippen molar-refractivity contribution in [3.05, 3.63) is 16.1 Å². The topological polar surface area (TPSA) is 17.8 Å². The molecule has 2 nitrogen and oxygen atoms in total. The molecule has 0 saturated carbocycles. The number of rotatable bonds is 6. The number of unbranched alkanes of at least 4 members (excludes halogenated alkanes) is 1. The molecule has 0 unspecified atom stereocenters. The first-order chi connectivity index (χ1) is 7.20. The molecule has 0 atom stereocenters. The lowest BCUT2D eigenvalue weighted by Gasteiger charge is -2.07. The van der Waals surface area contributed by atoms with Crippen LogP contribution in [0.4, 0.5) is 0 Å². The number of aryl methyl sites for hydroxylation is 1. The standard InChI is InChI=1S/C10H16Cl2N2S/c1-3-4-6-14-8(5-7-15-2)13-9(11)10(14)12/h3-7H2,1-2H3. The molecule has 0 radical (unpaired) electrons. The molecule has 1 heterocycles. The van der Waals surface area contributed by atoms with Gasteiger partial charge in [0.25, 0.3) is 0 Å². The Kier molecular flexibility index (Phi) is 5.87. The van der Waals surface area contributed by atoms with Crippen LogP contribution >= 0.6 is 35.0 Å². The van der Waals surface area contributed by atoms with Crippen LogP contribution in [-0.4, -0.2) is 21.6 Å². The van der Waals surface area contributed by atoms with Crippen LogP contribution in [0.3, 0.4) is 0 Å². The Morgan fingerprint density at radius 2 is 2.13 bits per heavy atom. The van der Waals surface area contributed by atoms with Gasteiger partial charge in [0.05, 0.1) is 0 Å². The number of aromatic nitrogens is 2. The van der Waals surface area contributed by atoms with Crippen molar-refractivity contribution in [2.75, 3.05) is 12.0 Å². The third-order valence-corrected chi connectivity index (χ3v) is 3.57. The van der Waals surface area contributed by atoms with Gasteiger partial charge in [-0.1, -0.05) is 36.5 Å². The van der Waals surface area contributed by atoms with Crippen molar-refractivity contribution < 1.29 is 0 Å². The van der Waals surface area contributed by atoms with E-state index in [1.807, 2.05) is 4.57 Å². The highest BCUT2D eigenvalue weighted by Crippen LogP contribution is 2.24. The van der Waals surface area contributed by atoms with E-state index in [1.165, 1.54) is 0 Å². The number of hydrogen-bond donors (Lipinski definition) is 0. The highest BCUT2D eigenvalue weighted by molar-refractivity contribution is 7.98. The number of thioether (sulfide) groups is 1. The van der Waals surface area contributed by atoms with Gasteiger partial charge in [-0.15, -0.1) is 0 Å². The van der Waals surface area contributed by atoms with Gasteiger partial charge in [-0.2, -0.15) is 11.8 Å². The van der Waals surface area contributed by atoms with Gasteiger partial charge in [-0.05, 0) is 12.7 Å². The molecule has 0 aromatic carbocycles. The highest BCUT2D eigenvalue weighted by Gasteiger charge is 2.12. The quantitative estimate of drug-likeness (QED) is 0.778. The van der Waals surface area contributed by atoms with Crippen molar-refractivity contribution in [1.82, 2.24) is 9.55 Å². The fourth-order valence-electron chi connectivity index (χ4n) is 1.37. The molecule has 15 heavy (non-hydrogen) atoms. The van der Waals surface area contributed by atoms with Crippen molar-refractivity contribution in [3.8, 4) is 0 Å². The van der Waals surface area contributed by atoms with E-state index in [9.17, 15) is 0 Å². The number of hydrogen-bond acceptors (Lipinski definition) is 2. The summed E-state index contributed by atoms with van der Waals surface area (Å²) in [4.78, 5) is 4.28. The molecule has 0 aliphatic heterocycles. The summed E-state index contributed by atoms with van der Waals surface area (Å²) < 4.78 is 2.03. The van der Waals surface area contributed by atoms with E-state index < -0.39 is 0 Å². The van der Waals surface area contributed by atoms with Gasteiger partial charge < -0.3 is 4.57 Å². The van der Waals surface area contributed by atoms with Gasteiger partial charge in [-0.3, -0.25) is 0 Å². The lowest BCUT2D eigenvalue weighted by atomic mass is 10.3. The van der Waals surface area contributed by atoms with Gasteiger partial charge in [-0.25, -0.2) is 4.98 Å². The van der Waals surface area contributed by atoms with Gasteiger partial charge in [0.2, 0.25) is 0 Å². The smallest absolute Gasteiger partial charge is 0.166 e. The van der Waals surface area contributed by atoms with Crippen LogP contribution in [0, 0.1) is 0 Å². The summed E-state index contributed by atoms with van der Waals surface area (Å²) in [5.41, 5.74) is 0. The van der Waals surface area contributed by atoms with Gasteiger partial charge >= 0.3 is 0 Å². The Bertz CT molecular complexity index is 313. The molecule has 1 aromatic rings. The van der Waals surface area contributed by atoms with Crippen LogP contribution in [0.15, 0.2) is 0 Å². The second kappa shape index (κ2) is 6.66. The maximum atomic E-state index is 6.09. The molecule has 0 N–H and O–H groups in total. The van der Waals surface area contributed by atoms with Crippen LogP contribution in [0.25, 0.3) is 0 Å². The first kappa shape index (κ1) is 13.2. The second-order valence-electron chi connectivity index (χ2n) is 3.36. The van der Waals surface area contributed by atoms with Crippen LogP contribution in [0.2, 0.25) is 10.3 Å². The third-order valence-electron chi connectivity index (χ3n) is 2.21. The maximum Gasteiger partial charge on any atom is 0.166 e. The zero-order valence-corrected chi connectivity index (χ0v) is 11.4. The first-order valence-corrected chi connectivity index (χ1v) is 7.25. The molecule has 0 saturated heterocycles. The van der Waals surface area contributed by atoms with Gasteiger partial charge in [0.15, 0.2) is 5.15 Å². The highest BCUT2D eigenvalue weighted by atomic mass is 35.5. The molecule has 1 aromatic heterocycles. The summed E-state index contributed by atoms with van der Waals surface area (Å²) in [6, 6.07) is 0. The van der Waals surface area contributed by atoms with Crippen molar-refractivity contribution in [1.29, 1.82) is 0 Å². The number of nitrogens with zero attached hydrogens (tertiary/aromatic N) is 2. The molecule has 0 fully saturated rings. The van der Waals surface area contributed by atoms with E-state index in [0.29, 0.717) is 10.3 Å². The van der Waals surface area contributed by atoms with Crippen molar-refractivity contribution in [2.24, 2.45) is 0 Å². The van der Waals surface area contributed by atoms with Crippen molar-refractivity contribution in [3.63, 3.8) is 0 Å². The van der Waals surface area contributed by atoms with Crippen LogP contribution in [0.5, 0.6) is 0 Å². The second-order valence-corrected chi connectivity index (χ2v) is 5.06. The predicted molar refractivity (Wildman–Crippen MR) is 69.2 cm³/mol. The van der Waals surface area contributed by atoms with E-state index in [-0.39, 0.29) is 0 Å². The largest absolute Gasteiger partial charge is 0.318 e.